The van der Waals surface area contributed by atoms with Crippen LogP contribution in [0.5, 0.6) is 0 Å². The first-order chi connectivity index (χ1) is 9.33. The fourth-order valence-electron chi connectivity index (χ4n) is 5.59. The average Bonchev–Trinajstić information content (AvgIpc) is 3.08. The highest BCUT2D eigenvalue weighted by molar-refractivity contribution is 5.11. The molecule has 0 atom stereocenters. The van der Waals surface area contributed by atoms with E-state index in [1.807, 2.05) is 0 Å². The van der Waals surface area contributed by atoms with Crippen LogP contribution in [-0.2, 0) is 4.74 Å². The van der Waals surface area contributed by atoms with Crippen molar-refractivity contribution in [2.24, 2.45) is 16.7 Å². The average molecular weight is 264 g/mol. The molecule has 3 aliphatic rings. The van der Waals surface area contributed by atoms with E-state index >= 15 is 0 Å². The first-order valence-corrected chi connectivity index (χ1v) is 8.91. The second kappa shape index (κ2) is 5.76. The van der Waals surface area contributed by atoms with Crippen LogP contribution in [0.4, 0.5) is 0 Å². The molecule has 0 radical (unpaired) electrons. The molecule has 0 aromatic carbocycles. The van der Waals surface area contributed by atoms with Crippen molar-refractivity contribution in [3.8, 4) is 0 Å². The number of hydrogen-bond acceptors (Lipinski definition) is 1. The Morgan fingerprint density at radius 3 is 2.16 bits per heavy atom. The molecule has 3 saturated carbocycles. The van der Waals surface area contributed by atoms with Crippen molar-refractivity contribution in [2.45, 2.75) is 84.0 Å². The van der Waals surface area contributed by atoms with Gasteiger partial charge in [-0.2, -0.15) is 0 Å². The van der Waals surface area contributed by atoms with Crippen LogP contribution in [0.25, 0.3) is 0 Å². The lowest BCUT2D eigenvalue weighted by Crippen LogP contribution is -2.39. The summed E-state index contributed by atoms with van der Waals surface area (Å²) in [5, 5.41) is 0. The maximum atomic E-state index is 5.70. The SMILES string of the molecule is CCOCCC1(C2(C3CCCCC3)CCCC2)CC1. The summed E-state index contributed by atoms with van der Waals surface area (Å²) in [5.41, 5.74) is 1.45. The van der Waals surface area contributed by atoms with Gasteiger partial charge in [0.1, 0.15) is 0 Å². The Morgan fingerprint density at radius 1 is 0.895 bits per heavy atom. The van der Waals surface area contributed by atoms with Crippen LogP contribution in [0, 0.1) is 16.7 Å². The van der Waals surface area contributed by atoms with Crippen molar-refractivity contribution in [3.63, 3.8) is 0 Å². The Bertz CT molecular complexity index is 280. The molecular formula is C18H32O. The third kappa shape index (κ3) is 2.48. The summed E-state index contributed by atoms with van der Waals surface area (Å²) >= 11 is 0. The fraction of sp³-hybridized carbons (Fsp3) is 1.00. The summed E-state index contributed by atoms with van der Waals surface area (Å²) < 4.78 is 5.70. The molecule has 19 heavy (non-hydrogen) atoms. The van der Waals surface area contributed by atoms with Gasteiger partial charge in [-0.15, -0.1) is 0 Å². The van der Waals surface area contributed by atoms with Gasteiger partial charge in [-0.3, -0.25) is 0 Å². The predicted molar refractivity (Wildman–Crippen MR) is 80.3 cm³/mol. The molecule has 1 nitrogen and oxygen atoms in total. The molecule has 3 rings (SSSR count). The molecule has 3 aliphatic carbocycles. The minimum Gasteiger partial charge on any atom is -0.382 e. The zero-order valence-corrected chi connectivity index (χ0v) is 12.9. The van der Waals surface area contributed by atoms with Crippen molar-refractivity contribution < 1.29 is 4.74 Å². The third-order valence-corrected chi connectivity index (χ3v) is 6.72. The molecule has 3 fully saturated rings. The van der Waals surface area contributed by atoms with Crippen molar-refractivity contribution in [1.29, 1.82) is 0 Å². The highest BCUT2D eigenvalue weighted by Gasteiger charge is 2.61. The van der Waals surface area contributed by atoms with Crippen molar-refractivity contribution in [2.75, 3.05) is 13.2 Å². The lowest BCUT2D eigenvalue weighted by atomic mass is 9.58. The number of hydrogen-bond donors (Lipinski definition) is 0. The maximum Gasteiger partial charge on any atom is 0.0471 e. The highest BCUT2D eigenvalue weighted by Crippen LogP contribution is 2.71. The molecule has 0 bridgehead atoms. The molecular weight excluding hydrogens is 232 g/mol. The first kappa shape index (κ1) is 13.9. The molecule has 0 saturated heterocycles. The minimum absolute atomic E-state index is 0.709. The molecule has 0 spiro atoms. The second-order valence-electron chi connectivity index (χ2n) is 7.43. The molecule has 0 N–H and O–H groups in total. The Morgan fingerprint density at radius 2 is 1.58 bits per heavy atom. The first-order valence-electron chi connectivity index (χ1n) is 8.91. The zero-order valence-electron chi connectivity index (χ0n) is 12.9. The van der Waals surface area contributed by atoms with Crippen LogP contribution < -0.4 is 0 Å². The van der Waals surface area contributed by atoms with Gasteiger partial charge >= 0.3 is 0 Å². The van der Waals surface area contributed by atoms with E-state index in [-0.39, 0.29) is 0 Å². The highest BCUT2D eigenvalue weighted by atomic mass is 16.5. The van der Waals surface area contributed by atoms with E-state index in [4.69, 9.17) is 4.74 Å². The number of rotatable bonds is 6. The van der Waals surface area contributed by atoms with Gasteiger partial charge in [-0.25, -0.2) is 0 Å². The third-order valence-electron chi connectivity index (χ3n) is 6.72. The fourth-order valence-corrected chi connectivity index (χ4v) is 5.59. The van der Waals surface area contributed by atoms with Crippen LogP contribution >= 0.6 is 0 Å². The summed E-state index contributed by atoms with van der Waals surface area (Å²) in [6, 6.07) is 0. The van der Waals surface area contributed by atoms with E-state index in [1.165, 1.54) is 64.2 Å². The van der Waals surface area contributed by atoms with E-state index in [9.17, 15) is 0 Å². The van der Waals surface area contributed by atoms with Crippen molar-refractivity contribution in [1.82, 2.24) is 0 Å². The number of ether oxygens (including phenoxy) is 1. The summed E-state index contributed by atoms with van der Waals surface area (Å²) in [7, 11) is 0. The van der Waals surface area contributed by atoms with Crippen LogP contribution in [0.15, 0.2) is 0 Å². The lowest BCUT2D eigenvalue weighted by molar-refractivity contribution is 0.00785. The lowest BCUT2D eigenvalue weighted by Gasteiger charge is -2.47. The topological polar surface area (TPSA) is 9.23 Å². The van der Waals surface area contributed by atoms with Crippen molar-refractivity contribution >= 4 is 0 Å². The Kier molecular flexibility index (Phi) is 4.22. The van der Waals surface area contributed by atoms with Gasteiger partial charge in [-0.1, -0.05) is 32.1 Å². The van der Waals surface area contributed by atoms with E-state index < -0.39 is 0 Å². The standard InChI is InChI=1S/C18H32O/c1-2-19-15-14-17(12-13-17)18(10-6-7-11-18)16-8-4-3-5-9-16/h16H,2-15H2,1H3. The van der Waals surface area contributed by atoms with E-state index in [2.05, 4.69) is 6.92 Å². The minimum atomic E-state index is 0.709. The van der Waals surface area contributed by atoms with Gasteiger partial charge in [0.25, 0.3) is 0 Å². The molecule has 0 heterocycles. The Balaban J connectivity index is 1.72. The molecule has 0 unspecified atom stereocenters. The summed E-state index contributed by atoms with van der Waals surface area (Å²) in [6.45, 7) is 4.05. The molecule has 0 aromatic heterocycles. The molecule has 1 heteroatoms. The quantitative estimate of drug-likeness (QED) is 0.589. The van der Waals surface area contributed by atoms with Gasteiger partial charge in [0, 0.05) is 13.2 Å². The maximum absolute atomic E-state index is 5.70. The van der Waals surface area contributed by atoms with Crippen LogP contribution in [-0.4, -0.2) is 13.2 Å². The molecule has 0 amide bonds. The van der Waals surface area contributed by atoms with E-state index in [0.717, 1.165) is 24.5 Å². The normalized spacial score (nSPS) is 29.5. The molecule has 0 aliphatic heterocycles. The smallest absolute Gasteiger partial charge is 0.0471 e. The van der Waals surface area contributed by atoms with Gasteiger partial charge in [0.05, 0.1) is 0 Å². The monoisotopic (exact) mass is 264 g/mol. The summed E-state index contributed by atoms with van der Waals surface area (Å²) in [4.78, 5) is 0. The summed E-state index contributed by atoms with van der Waals surface area (Å²) in [5.74, 6) is 1.06. The van der Waals surface area contributed by atoms with Crippen LogP contribution in [0.2, 0.25) is 0 Å². The molecule has 0 aromatic rings. The van der Waals surface area contributed by atoms with E-state index in [0.29, 0.717) is 5.41 Å². The molecule has 110 valence electrons. The van der Waals surface area contributed by atoms with Gasteiger partial charge in [-0.05, 0) is 68.6 Å². The van der Waals surface area contributed by atoms with Crippen LogP contribution in [0.1, 0.15) is 84.0 Å². The summed E-state index contributed by atoms with van der Waals surface area (Å²) in [6.07, 6.45) is 18.1. The van der Waals surface area contributed by atoms with Gasteiger partial charge in [0.15, 0.2) is 0 Å². The van der Waals surface area contributed by atoms with Crippen LogP contribution in [0.3, 0.4) is 0 Å². The second-order valence-corrected chi connectivity index (χ2v) is 7.43. The largest absolute Gasteiger partial charge is 0.382 e. The zero-order chi connectivity index (χ0) is 13.2. The Labute approximate surface area is 119 Å². The van der Waals surface area contributed by atoms with Gasteiger partial charge in [0.2, 0.25) is 0 Å². The predicted octanol–water partition coefficient (Wildman–Crippen LogP) is 5.33. The van der Waals surface area contributed by atoms with E-state index in [1.54, 1.807) is 12.8 Å². The Hall–Kier alpha value is -0.0400. The van der Waals surface area contributed by atoms with Gasteiger partial charge < -0.3 is 4.74 Å². The van der Waals surface area contributed by atoms with Crippen molar-refractivity contribution in [3.05, 3.63) is 0 Å².